The van der Waals surface area contributed by atoms with E-state index in [9.17, 15) is 9.90 Å². The topological polar surface area (TPSA) is 49.8 Å². The zero-order valence-electron chi connectivity index (χ0n) is 13.4. The van der Waals surface area contributed by atoms with Crippen LogP contribution < -0.4 is 4.74 Å². The highest BCUT2D eigenvalue weighted by Gasteiger charge is 2.14. The van der Waals surface area contributed by atoms with Gasteiger partial charge in [0.15, 0.2) is 6.61 Å². The van der Waals surface area contributed by atoms with Crippen molar-refractivity contribution in [2.75, 3.05) is 19.8 Å². The predicted octanol–water partition coefficient (Wildman–Crippen LogP) is 2.65. The fraction of sp³-hybridized carbons (Fsp3) is 0.316. The number of carbonyl (C=O) groups is 1. The van der Waals surface area contributed by atoms with Crippen molar-refractivity contribution in [3.05, 3.63) is 65.7 Å². The maximum absolute atomic E-state index is 12.4. The number of benzene rings is 2. The van der Waals surface area contributed by atoms with Crippen LogP contribution in [0, 0.1) is 0 Å². The first-order valence-electron chi connectivity index (χ1n) is 7.87. The second-order valence-electron chi connectivity index (χ2n) is 5.31. The molecule has 2 aromatic rings. The van der Waals surface area contributed by atoms with Crippen LogP contribution in [0.25, 0.3) is 0 Å². The second-order valence-corrected chi connectivity index (χ2v) is 5.31. The van der Waals surface area contributed by atoms with Crippen LogP contribution in [0.2, 0.25) is 0 Å². The van der Waals surface area contributed by atoms with Crippen LogP contribution >= 0.6 is 0 Å². The van der Waals surface area contributed by atoms with E-state index in [1.54, 1.807) is 4.90 Å². The van der Waals surface area contributed by atoms with Crippen molar-refractivity contribution >= 4 is 5.91 Å². The summed E-state index contributed by atoms with van der Waals surface area (Å²) in [5.41, 5.74) is 2.20. The fourth-order valence-corrected chi connectivity index (χ4v) is 2.31. The lowest BCUT2D eigenvalue weighted by Gasteiger charge is -2.22. The Morgan fingerprint density at radius 3 is 2.52 bits per heavy atom. The highest BCUT2D eigenvalue weighted by Crippen LogP contribution is 2.14. The van der Waals surface area contributed by atoms with Crippen molar-refractivity contribution in [1.29, 1.82) is 0 Å². The number of rotatable bonds is 8. The number of aliphatic hydroxyl groups excluding tert-OH is 1. The number of nitrogens with zero attached hydrogens (tertiary/aromatic N) is 1. The summed E-state index contributed by atoms with van der Waals surface area (Å²) in [6.45, 7) is 2.75. The molecule has 0 atom stereocenters. The molecule has 0 aliphatic rings. The molecule has 1 amide bonds. The zero-order valence-corrected chi connectivity index (χ0v) is 13.4. The second kappa shape index (κ2) is 8.96. The van der Waals surface area contributed by atoms with Crippen molar-refractivity contribution < 1.29 is 14.6 Å². The van der Waals surface area contributed by atoms with Crippen LogP contribution in [0.5, 0.6) is 5.75 Å². The Morgan fingerprint density at radius 1 is 1.09 bits per heavy atom. The van der Waals surface area contributed by atoms with Crippen molar-refractivity contribution in [3.63, 3.8) is 0 Å². The molecule has 0 radical (unpaired) electrons. The Balaban J connectivity index is 1.94. The van der Waals surface area contributed by atoms with Gasteiger partial charge in [-0.2, -0.15) is 0 Å². The third-order valence-electron chi connectivity index (χ3n) is 3.61. The van der Waals surface area contributed by atoms with E-state index in [0.717, 1.165) is 12.0 Å². The van der Waals surface area contributed by atoms with Crippen LogP contribution in [0.15, 0.2) is 54.6 Å². The van der Waals surface area contributed by atoms with Crippen molar-refractivity contribution in [2.24, 2.45) is 0 Å². The Morgan fingerprint density at radius 2 is 1.83 bits per heavy atom. The van der Waals surface area contributed by atoms with Gasteiger partial charge in [-0.25, -0.2) is 0 Å². The molecule has 0 bridgehead atoms. The molecule has 4 heteroatoms. The van der Waals surface area contributed by atoms with Gasteiger partial charge in [0.05, 0.1) is 6.61 Å². The molecule has 1 N–H and O–H groups in total. The third-order valence-corrected chi connectivity index (χ3v) is 3.61. The van der Waals surface area contributed by atoms with E-state index >= 15 is 0 Å². The Labute approximate surface area is 137 Å². The normalized spacial score (nSPS) is 10.3. The monoisotopic (exact) mass is 313 g/mol. The van der Waals surface area contributed by atoms with Gasteiger partial charge in [-0.3, -0.25) is 4.79 Å². The van der Waals surface area contributed by atoms with Gasteiger partial charge in [0, 0.05) is 13.1 Å². The van der Waals surface area contributed by atoms with Crippen LogP contribution in [0.1, 0.15) is 18.1 Å². The molecule has 23 heavy (non-hydrogen) atoms. The lowest BCUT2D eigenvalue weighted by Crippen LogP contribution is -2.36. The molecule has 0 aliphatic heterocycles. The molecule has 2 rings (SSSR count). The van der Waals surface area contributed by atoms with Gasteiger partial charge in [0.25, 0.3) is 5.91 Å². The molecule has 122 valence electrons. The molecule has 0 aromatic heterocycles. The van der Waals surface area contributed by atoms with E-state index in [4.69, 9.17) is 4.74 Å². The first-order chi connectivity index (χ1) is 11.2. The van der Waals surface area contributed by atoms with E-state index in [2.05, 4.69) is 6.92 Å². The van der Waals surface area contributed by atoms with Crippen molar-refractivity contribution in [3.8, 4) is 5.75 Å². The third kappa shape index (κ3) is 5.42. The van der Waals surface area contributed by atoms with Gasteiger partial charge in [-0.15, -0.1) is 0 Å². The summed E-state index contributed by atoms with van der Waals surface area (Å²) >= 11 is 0. The minimum absolute atomic E-state index is 0.0278. The van der Waals surface area contributed by atoms with Crippen molar-refractivity contribution in [2.45, 2.75) is 19.9 Å². The number of amides is 1. The molecule has 0 spiro atoms. The SMILES string of the molecule is CCc1cccc(OCC(=O)N(CCO)Cc2ccccc2)c1. The summed E-state index contributed by atoms with van der Waals surface area (Å²) < 4.78 is 5.60. The molecular formula is C19H23NO3. The fourth-order valence-electron chi connectivity index (χ4n) is 2.31. The zero-order chi connectivity index (χ0) is 16.5. The van der Waals surface area contributed by atoms with Gasteiger partial charge >= 0.3 is 0 Å². The summed E-state index contributed by atoms with van der Waals surface area (Å²) in [6, 6.07) is 17.5. The van der Waals surface area contributed by atoms with Crippen molar-refractivity contribution in [1.82, 2.24) is 4.90 Å². The highest BCUT2D eigenvalue weighted by atomic mass is 16.5. The number of carbonyl (C=O) groups excluding carboxylic acids is 1. The highest BCUT2D eigenvalue weighted by molar-refractivity contribution is 5.77. The lowest BCUT2D eigenvalue weighted by molar-refractivity contribution is -0.134. The Kier molecular flexibility index (Phi) is 6.63. The molecule has 0 heterocycles. The first-order valence-corrected chi connectivity index (χ1v) is 7.87. The van der Waals surface area contributed by atoms with Crippen LogP contribution in [-0.2, 0) is 17.8 Å². The van der Waals surface area contributed by atoms with Gasteiger partial charge in [-0.05, 0) is 29.7 Å². The number of aliphatic hydroxyl groups is 1. The molecule has 2 aromatic carbocycles. The average molecular weight is 313 g/mol. The summed E-state index contributed by atoms with van der Waals surface area (Å²) in [5.74, 6) is 0.561. The largest absolute Gasteiger partial charge is 0.484 e. The number of hydrogen-bond acceptors (Lipinski definition) is 3. The Hall–Kier alpha value is -2.33. The molecular weight excluding hydrogens is 290 g/mol. The van der Waals surface area contributed by atoms with E-state index in [1.165, 1.54) is 5.56 Å². The quantitative estimate of drug-likeness (QED) is 0.815. The summed E-state index contributed by atoms with van der Waals surface area (Å²) in [5, 5.41) is 9.18. The molecule has 0 aliphatic carbocycles. The van der Waals surface area contributed by atoms with E-state index in [0.29, 0.717) is 18.8 Å². The molecule has 0 saturated carbocycles. The minimum atomic E-state index is -0.134. The van der Waals surface area contributed by atoms with Gasteiger partial charge in [0.2, 0.25) is 0 Å². The van der Waals surface area contributed by atoms with Gasteiger partial charge in [0.1, 0.15) is 5.75 Å². The predicted molar refractivity (Wildman–Crippen MR) is 90.3 cm³/mol. The summed E-state index contributed by atoms with van der Waals surface area (Å²) in [7, 11) is 0. The average Bonchev–Trinajstić information content (AvgIpc) is 2.60. The van der Waals surface area contributed by atoms with Crippen LogP contribution in [-0.4, -0.2) is 35.7 Å². The maximum atomic E-state index is 12.4. The van der Waals surface area contributed by atoms with E-state index in [-0.39, 0.29) is 19.1 Å². The molecule has 0 fully saturated rings. The molecule has 4 nitrogen and oxygen atoms in total. The first kappa shape index (κ1) is 17.0. The maximum Gasteiger partial charge on any atom is 0.260 e. The molecule has 0 unspecified atom stereocenters. The van der Waals surface area contributed by atoms with Gasteiger partial charge in [-0.1, -0.05) is 49.4 Å². The molecule has 0 saturated heterocycles. The summed E-state index contributed by atoms with van der Waals surface area (Å²) in [4.78, 5) is 14.0. The Bertz CT molecular complexity index is 613. The van der Waals surface area contributed by atoms with E-state index in [1.807, 2.05) is 54.6 Å². The van der Waals surface area contributed by atoms with Crippen LogP contribution in [0.3, 0.4) is 0 Å². The number of ether oxygens (including phenoxy) is 1. The number of hydrogen-bond donors (Lipinski definition) is 1. The van der Waals surface area contributed by atoms with Gasteiger partial charge < -0.3 is 14.7 Å². The van der Waals surface area contributed by atoms with Crippen LogP contribution in [0.4, 0.5) is 0 Å². The minimum Gasteiger partial charge on any atom is -0.484 e. The smallest absolute Gasteiger partial charge is 0.260 e. The summed E-state index contributed by atoms with van der Waals surface area (Å²) in [6.07, 6.45) is 0.926. The van der Waals surface area contributed by atoms with E-state index < -0.39 is 0 Å². The number of aryl methyl sites for hydroxylation is 1. The standard InChI is InChI=1S/C19H23NO3/c1-2-16-9-6-10-18(13-16)23-15-19(22)20(11-12-21)14-17-7-4-3-5-8-17/h3-10,13,21H,2,11-12,14-15H2,1H3. The lowest BCUT2D eigenvalue weighted by atomic mass is 10.2.